The molecule has 0 spiro atoms. The van der Waals surface area contributed by atoms with Gasteiger partial charge in [0, 0.05) is 6.54 Å². The van der Waals surface area contributed by atoms with Gasteiger partial charge in [-0.15, -0.1) is 0 Å². The number of hydrogen-bond acceptors (Lipinski definition) is 6. The van der Waals surface area contributed by atoms with Crippen molar-refractivity contribution in [3.05, 3.63) is 24.3 Å². The van der Waals surface area contributed by atoms with Crippen molar-refractivity contribution in [1.82, 2.24) is 0 Å². The molecule has 1 fully saturated rings. The molecule has 2 unspecified atom stereocenters. The highest BCUT2D eigenvalue weighted by Crippen LogP contribution is 2.33. The van der Waals surface area contributed by atoms with Crippen LogP contribution in [-0.2, 0) is 19.1 Å². The average Bonchev–Trinajstić information content (AvgIpc) is 3.17. The zero-order valence-electron chi connectivity index (χ0n) is 13.4. The molecule has 6 heteroatoms. The van der Waals surface area contributed by atoms with Crippen LogP contribution in [0.15, 0.2) is 24.3 Å². The summed E-state index contributed by atoms with van der Waals surface area (Å²) >= 11 is 0. The van der Waals surface area contributed by atoms with E-state index in [2.05, 4.69) is 29.0 Å². The first-order valence-corrected chi connectivity index (χ1v) is 7.84. The number of ether oxygens (including phenoxy) is 2. The number of carbonyl (C=O) groups excluding carboxylic acids is 2. The Morgan fingerprint density at radius 1 is 1.35 bits per heavy atom. The molecule has 0 heterocycles. The SMILES string of the molecule is COC(=O)C1CCCC(N)(C(=O)OCCN)C1.c1cc2cc-2c1. The van der Waals surface area contributed by atoms with E-state index in [9.17, 15) is 9.59 Å². The van der Waals surface area contributed by atoms with Gasteiger partial charge in [-0.3, -0.25) is 9.59 Å². The number of rotatable bonds is 4. The molecule has 3 rings (SSSR count). The molecule has 3 aliphatic carbocycles. The number of benzene rings is 1. The first kappa shape index (κ1) is 17.4. The van der Waals surface area contributed by atoms with Crippen molar-refractivity contribution < 1.29 is 19.1 Å². The first-order chi connectivity index (χ1) is 11.0. The summed E-state index contributed by atoms with van der Waals surface area (Å²) in [6.07, 6.45) is 2.23. The first-order valence-electron chi connectivity index (χ1n) is 7.84. The molecule has 6 nitrogen and oxygen atoms in total. The van der Waals surface area contributed by atoms with Crippen LogP contribution in [0.4, 0.5) is 0 Å². The molecular weight excluding hydrogens is 296 g/mol. The van der Waals surface area contributed by atoms with Crippen LogP contribution in [0.25, 0.3) is 11.1 Å². The van der Waals surface area contributed by atoms with Gasteiger partial charge in [-0.1, -0.05) is 24.6 Å². The van der Waals surface area contributed by atoms with Gasteiger partial charge in [0.25, 0.3) is 0 Å². The molecule has 0 saturated heterocycles. The standard InChI is InChI=1S/C11H20N2O4.C6H4/c1-16-9(14)8-3-2-4-11(13,7-8)10(15)17-6-5-12;1-2-5-4-6(5)3-1/h8H,2-7,12-13H2,1H3;1-4H. The van der Waals surface area contributed by atoms with Crippen molar-refractivity contribution in [2.75, 3.05) is 20.3 Å². The number of methoxy groups -OCH3 is 1. The van der Waals surface area contributed by atoms with Crippen LogP contribution in [-0.4, -0.2) is 37.7 Å². The van der Waals surface area contributed by atoms with Crippen LogP contribution in [0.1, 0.15) is 25.7 Å². The highest BCUT2D eigenvalue weighted by atomic mass is 16.5. The van der Waals surface area contributed by atoms with Crippen LogP contribution in [0.5, 0.6) is 0 Å². The van der Waals surface area contributed by atoms with Crippen molar-refractivity contribution >= 4 is 11.9 Å². The van der Waals surface area contributed by atoms with Gasteiger partial charge in [-0.05, 0) is 36.5 Å². The van der Waals surface area contributed by atoms with Crippen LogP contribution >= 0.6 is 0 Å². The predicted molar refractivity (Wildman–Crippen MR) is 86.3 cm³/mol. The molecular formula is C17H24N2O4. The van der Waals surface area contributed by atoms with Gasteiger partial charge in [0.2, 0.25) is 0 Å². The van der Waals surface area contributed by atoms with E-state index in [0.29, 0.717) is 19.3 Å². The van der Waals surface area contributed by atoms with Gasteiger partial charge in [0.15, 0.2) is 0 Å². The van der Waals surface area contributed by atoms with E-state index in [-0.39, 0.29) is 31.5 Å². The number of esters is 2. The summed E-state index contributed by atoms with van der Waals surface area (Å²) in [5.41, 5.74) is 13.0. The topological polar surface area (TPSA) is 105 Å². The lowest BCUT2D eigenvalue weighted by molar-refractivity contribution is -0.155. The van der Waals surface area contributed by atoms with Gasteiger partial charge in [-0.2, -0.15) is 0 Å². The second kappa shape index (κ2) is 7.57. The quantitative estimate of drug-likeness (QED) is 0.821. The number of hydrogen-bond donors (Lipinski definition) is 2. The molecule has 3 aliphatic rings. The van der Waals surface area contributed by atoms with Gasteiger partial charge < -0.3 is 20.9 Å². The lowest BCUT2D eigenvalue weighted by atomic mass is 9.76. The van der Waals surface area contributed by atoms with E-state index in [1.165, 1.54) is 18.2 Å². The smallest absolute Gasteiger partial charge is 0.326 e. The second-order valence-corrected chi connectivity index (χ2v) is 5.98. The molecule has 1 saturated carbocycles. The number of fused-ring (bicyclic) bond motifs is 1. The summed E-state index contributed by atoms with van der Waals surface area (Å²) < 4.78 is 9.63. The molecule has 2 atom stereocenters. The summed E-state index contributed by atoms with van der Waals surface area (Å²) in [5.74, 6) is -1.10. The largest absolute Gasteiger partial charge is 0.469 e. The van der Waals surface area contributed by atoms with E-state index in [1.807, 2.05) is 0 Å². The van der Waals surface area contributed by atoms with E-state index in [4.69, 9.17) is 16.2 Å². The maximum absolute atomic E-state index is 11.8. The van der Waals surface area contributed by atoms with Crippen molar-refractivity contribution in [3.8, 4) is 11.1 Å². The second-order valence-electron chi connectivity index (χ2n) is 5.98. The van der Waals surface area contributed by atoms with Crippen molar-refractivity contribution in [2.45, 2.75) is 31.2 Å². The van der Waals surface area contributed by atoms with Gasteiger partial charge in [0.1, 0.15) is 12.1 Å². The van der Waals surface area contributed by atoms with E-state index < -0.39 is 11.5 Å². The molecule has 126 valence electrons. The van der Waals surface area contributed by atoms with Gasteiger partial charge in [-0.25, -0.2) is 0 Å². The Hall–Kier alpha value is -1.92. The summed E-state index contributed by atoms with van der Waals surface area (Å²) in [5, 5.41) is 0. The average molecular weight is 320 g/mol. The Morgan fingerprint density at radius 2 is 2.04 bits per heavy atom. The zero-order valence-corrected chi connectivity index (χ0v) is 13.4. The number of nitrogens with two attached hydrogens (primary N) is 2. The highest BCUT2D eigenvalue weighted by molar-refractivity contribution is 5.82. The molecule has 0 radical (unpaired) electrons. The zero-order chi connectivity index (χ0) is 16.9. The monoisotopic (exact) mass is 320 g/mol. The molecule has 0 aromatic rings. The third kappa shape index (κ3) is 4.53. The molecule has 23 heavy (non-hydrogen) atoms. The van der Waals surface area contributed by atoms with E-state index >= 15 is 0 Å². The lowest BCUT2D eigenvalue weighted by Crippen LogP contribution is -2.53. The molecule has 0 bridgehead atoms. The van der Waals surface area contributed by atoms with Gasteiger partial charge in [0.05, 0.1) is 13.0 Å². The molecule has 0 aromatic heterocycles. The van der Waals surface area contributed by atoms with E-state index in [0.717, 1.165) is 0 Å². The predicted octanol–water partition coefficient (Wildman–Crippen LogP) is 1.22. The van der Waals surface area contributed by atoms with Crippen molar-refractivity contribution in [1.29, 1.82) is 0 Å². The third-order valence-electron chi connectivity index (χ3n) is 4.19. The highest BCUT2D eigenvalue weighted by Gasteiger charge is 2.43. The fourth-order valence-corrected chi connectivity index (χ4v) is 2.83. The Balaban J connectivity index is 0.000000260. The van der Waals surface area contributed by atoms with Crippen LogP contribution in [0.2, 0.25) is 0 Å². The molecule has 0 aromatic carbocycles. The fraction of sp³-hybridized carbons (Fsp3) is 0.529. The Bertz CT molecular complexity index is 558. The summed E-state index contributed by atoms with van der Waals surface area (Å²) in [6.45, 7) is 0.420. The minimum Gasteiger partial charge on any atom is -0.469 e. The van der Waals surface area contributed by atoms with Crippen molar-refractivity contribution in [2.24, 2.45) is 17.4 Å². The summed E-state index contributed by atoms with van der Waals surface area (Å²) in [4.78, 5) is 23.2. The summed E-state index contributed by atoms with van der Waals surface area (Å²) in [7, 11) is 1.34. The third-order valence-corrected chi connectivity index (χ3v) is 4.19. The lowest BCUT2D eigenvalue weighted by Gasteiger charge is -2.34. The molecule has 0 aliphatic heterocycles. The van der Waals surface area contributed by atoms with Crippen LogP contribution < -0.4 is 11.5 Å². The Kier molecular flexibility index (Phi) is 5.74. The fourth-order valence-electron chi connectivity index (χ4n) is 2.83. The maximum Gasteiger partial charge on any atom is 0.326 e. The normalized spacial score (nSPS) is 24.0. The van der Waals surface area contributed by atoms with Crippen LogP contribution in [0, 0.1) is 5.92 Å². The minimum absolute atomic E-state index is 0.153. The van der Waals surface area contributed by atoms with Crippen molar-refractivity contribution in [3.63, 3.8) is 0 Å². The van der Waals surface area contributed by atoms with E-state index in [1.54, 1.807) is 0 Å². The molecule has 0 amide bonds. The Labute approximate surface area is 136 Å². The molecule has 4 N–H and O–H groups in total. The number of carbonyl (C=O) groups is 2. The summed E-state index contributed by atoms with van der Waals surface area (Å²) in [6, 6.07) is 8.48. The Morgan fingerprint density at radius 3 is 2.52 bits per heavy atom. The maximum atomic E-state index is 11.8. The van der Waals surface area contributed by atoms with Gasteiger partial charge >= 0.3 is 11.9 Å². The minimum atomic E-state index is -1.08. The van der Waals surface area contributed by atoms with Crippen LogP contribution in [0.3, 0.4) is 0 Å².